The van der Waals surface area contributed by atoms with Gasteiger partial charge in [0.2, 0.25) is 0 Å². The SMILES string of the molecule is CCCC(=O)c1ccc(OCC(=O)N2CCCC2)c(N)c1. The molecule has 0 aromatic heterocycles. The molecule has 0 aliphatic carbocycles. The van der Waals surface area contributed by atoms with E-state index in [4.69, 9.17) is 10.5 Å². The van der Waals surface area contributed by atoms with Gasteiger partial charge in [0, 0.05) is 25.1 Å². The Kier molecular flexibility index (Phi) is 5.20. The summed E-state index contributed by atoms with van der Waals surface area (Å²) in [6, 6.07) is 4.98. The van der Waals surface area contributed by atoms with E-state index in [1.807, 2.05) is 6.92 Å². The molecule has 1 saturated heterocycles. The third kappa shape index (κ3) is 3.97. The molecule has 114 valence electrons. The van der Waals surface area contributed by atoms with E-state index in [-0.39, 0.29) is 18.3 Å². The van der Waals surface area contributed by atoms with Crippen molar-refractivity contribution in [2.24, 2.45) is 0 Å². The Morgan fingerprint density at radius 1 is 1.29 bits per heavy atom. The van der Waals surface area contributed by atoms with E-state index in [1.54, 1.807) is 23.1 Å². The van der Waals surface area contributed by atoms with Crippen molar-refractivity contribution in [3.8, 4) is 5.75 Å². The lowest BCUT2D eigenvalue weighted by Crippen LogP contribution is -2.32. The Hall–Kier alpha value is -2.04. The predicted octanol–water partition coefficient (Wildman–Crippen LogP) is 2.25. The topological polar surface area (TPSA) is 72.6 Å². The maximum absolute atomic E-state index is 11.9. The van der Waals surface area contributed by atoms with Gasteiger partial charge in [-0.05, 0) is 37.5 Å². The molecule has 1 aliphatic rings. The summed E-state index contributed by atoms with van der Waals surface area (Å²) in [6.07, 6.45) is 3.43. The molecule has 21 heavy (non-hydrogen) atoms. The minimum atomic E-state index is -0.0157. The van der Waals surface area contributed by atoms with Crippen molar-refractivity contribution in [2.75, 3.05) is 25.4 Å². The highest BCUT2D eigenvalue weighted by Gasteiger charge is 2.18. The van der Waals surface area contributed by atoms with Crippen LogP contribution in [0.3, 0.4) is 0 Å². The molecule has 1 heterocycles. The summed E-state index contributed by atoms with van der Waals surface area (Å²) < 4.78 is 5.48. The number of ether oxygens (including phenoxy) is 1. The van der Waals surface area contributed by atoms with E-state index in [0.717, 1.165) is 32.4 Å². The van der Waals surface area contributed by atoms with Crippen molar-refractivity contribution in [3.63, 3.8) is 0 Å². The number of nitrogens with zero attached hydrogens (tertiary/aromatic N) is 1. The number of nitrogens with two attached hydrogens (primary N) is 1. The van der Waals surface area contributed by atoms with E-state index in [0.29, 0.717) is 23.4 Å². The van der Waals surface area contributed by atoms with E-state index < -0.39 is 0 Å². The van der Waals surface area contributed by atoms with Crippen molar-refractivity contribution in [1.29, 1.82) is 0 Å². The number of benzene rings is 1. The largest absolute Gasteiger partial charge is 0.482 e. The second-order valence-corrected chi connectivity index (χ2v) is 5.30. The number of likely N-dealkylation sites (tertiary alicyclic amines) is 1. The number of nitrogen functional groups attached to an aromatic ring is 1. The molecule has 1 aromatic rings. The normalized spacial score (nSPS) is 14.2. The maximum Gasteiger partial charge on any atom is 0.260 e. The lowest BCUT2D eigenvalue weighted by Gasteiger charge is -2.16. The van der Waals surface area contributed by atoms with Crippen molar-refractivity contribution in [2.45, 2.75) is 32.6 Å². The van der Waals surface area contributed by atoms with Crippen LogP contribution in [-0.2, 0) is 4.79 Å². The molecular weight excluding hydrogens is 268 g/mol. The van der Waals surface area contributed by atoms with Crippen LogP contribution in [0.5, 0.6) is 5.75 Å². The number of rotatable bonds is 6. The van der Waals surface area contributed by atoms with Gasteiger partial charge in [-0.2, -0.15) is 0 Å². The number of hydrogen-bond acceptors (Lipinski definition) is 4. The maximum atomic E-state index is 11.9. The molecule has 1 fully saturated rings. The number of hydrogen-bond donors (Lipinski definition) is 1. The van der Waals surface area contributed by atoms with Gasteiger partial charge in [0.25, 0.3) is 5.91 Å². The average molecular weight is 290 g/mol. The van der Waals surface area contributed by atoms with E-state index in [9.17, 15) is 9.59 Å². The predicted molar refractivity (Wildman–Crippen MR) is 81.4 cm³/mol. The molecule has 0 unspecified atom stereocenters. The van der Waals surface area contributed by atoms with E-state index >= 15 is 0 Å². The summed E-state index contributed by atoms with van der Waals surface area (Å²) in [5, 5.41) is 0. The molecule has 0 spiro atoms. The molecule has 5 nitrogen and oxygen atoms in total. The van der Waals surface area contributed by atoms with Crippen molar-refractivity contribution in [1.82, 2.24) is 4.90 Å². The lowest BCUT2D eigenvalue weighted by molar-refractivity contribution is -0.132. The zero-order valence-electron chi connectivity index (χ0n) is 12.4. The summed E-state index contributed by atoms with van der Waals surface area (Å²) in [7, 11) is 0. The van der Waals surface area contributed by atoms with Gasteiger partial charge in [-0.25, -0.2) is 0 Å². The zero-order valence-corrected chi connectivity index (χ0v) is 12.4. The van der Waals surface area contributed by atoms with Crippen molar-refractivity contribution >= 4 is 17.4 Å². The first kappa shape index (κ1) is 15.4. The van der Waals surface area contributed by atoms with Crippen LogP contribution in [-0.4, -0.2) is 36.3 Å². The molecule has 1 aromatic carbocycles. The van der Waals surface area contributed by atoms with Gasteiger partial charge in [-0.15, -0.1) is 0 Å². The lowest BCUT2D eigenvalue weighted by atomic mass is 10.1. The van der Waals surface area contributed by atoms with Crippen LogP contribution in [0.2, 0.25) is 0 Å². The molecule has 1 amide bonds. The monoisotopic (exact) mass is 290 g/mol. The van der Waals surface area contributed by atoms with Gasteiger partial charge in [-0.3, -0.25) is 9.59 Å². The fourth-order valence-corrected chi connectivity index (χ4v) is 2.42. The van der Waals surface area contributed by atoms with Gasteiger partial charge in [-0.1, -0.05) is 6.92 Å². The van der Waals surface area contributed by atoms with E-state index in [2.05, 4.69) is 0 Å². The third-order valence-corrected chi connectivity index (χ3v) is 3.62. The van der Waals surface area contributed by atoms with Crippen LogP contribution in [0.15, 0.2) is 18.2 Å². The number of carbonyl (C=O) groups is 2. The van der Waals surface area contributed by atoms with Crippen LogP contribution < -0.4 is 10.5 Å². The summed E-state index contributed by atoms with van der Waals surface area (Å²) in [5.74, 6) is 0.512. The van der Waals surface area contributed by atoms with Crippen LogP contribution in [0.1, 0.15) is 43.0 Å². The number of anilines is 1. The van der Waals surface area contributed by atoms with Crippen molar-refractivity contribution in [3.05, 3.63) is 23.8 Å². The van der Waals surface area contributed by atoms with Gasteiger partial charge in [0.15, 0.2) is 12.4 Å². The zero-order chi connectivity index (χ0) is 15.2. The summed E-state index contributed by atoms with van der Waals surface area (Å²) in [4.78, 5) is 25.5. The highest BCUT2D eigenvalue weighted by molar-refractivity contribution is 5.97. The Bertz CT molecular complexity index is 522. The Morgan fingerprint density at radius 3 is 2.62 bits per heavy atom. The molecule has 0 bridgehead atoms. The van der Waals surface area contributed by atoms with Gasteiger partial charge < -0.3 is 15.4 Å². The number of ketones is 1. The minimum absolute atomic E-state index is 0.00749. The quantitative estimate of drug-likeness (QED) is 0.644. The highest BCUT2D eigenvalue weighted by Crippen LogP contribution is 2.23. The van der Waals surface area contributed by atoms with Gasteiger partial charge in [0.05, 0.1) is 5.69 Å². The molecule has 2 N–H and O–H groups in total. The molecule has 0 radical (unpaired) electrons. The first-order valence-corrected chi connectivity index (χ1v) is 7.45. The fraction of sp³-hybridized carbons (Fsp3) is 0.500. The standard InChI is InChI=1S/C16H22N2O3/c1-2-5-14(19)12-6-7-15(13(17)10-12)21-11-16(20)18-8-3-4-9-18/h6-7,10H,2-5,8-9,11,17H2,1H3. The summed E-state index contributed by atoms with van der Waals surface area (Å²) in [6.45, 7) is 3.57. The number of carbonyl (C=O) groups excluding carboxylic acids is 2. The second-order valence-electron chi connectivity index (χ2n) is 5.30. The average Bonchev–Trinajstić information content (AvgIpc) is 3.00. The number of Topliss-reactive ketones (excluding diaryl/α,β-unsaturated/α-hetero) is 1. The first-order valence-electron chi connectivity index (χ1n) is 7.45. The highest BCUT2D eigenvalue weighted by atomic mass is 16.5. The smallest absolute Gasteiger partial charge is 0.260 e. The molecule has 5 heteroatoms. The van der Waals surface area contributed by atoms with Crippen LogP contribution in [0.25, 0.3) is 0 Å². The van der Waals surface area contributed by atoms with Crippen LogP contribution in [0.4, 0.5) is 5.69 Å². The fourth-order valence-electron chi connectivity index (χ4n) is 2.42. The first-order chi connectivity index (χ1) is 10.1. The Morgan fingerprint density at radius 2 is 2.00 bits per heavy atom. The van der Waals surface area contributed by atoms with E-state index in [1.165, 1.54) is 0 Å². The third-order valence-electron chi connectivity index (χ3n) is 3.62. The summed E-state index contributed by atoms with van der Waals surface area (Å²) >= 11 is 0. The molecule has 1 aliphatic heterocycles. The molecule has 2 rings (SSSR count). The minimum Gasteiger partial charge on any atom is -0.482 e. The Balaban J connectivity index is 1.94. The van der Waals surface area contributed by atoms with Gasteiger partial charge in [0.1, 0.15) is 5.75 Å². The summed E-state index contributed by atoms with van der Waals surface area (Å²) in [5.41, 5.74) is 6.88. The molecular formula is C16H22N2O3. The molecule has 0 saturated carbocycles. The second kappa shape index (κ2) is 7.11. The van der Waals surface area contributed by atoms with Crippen molar-refractivity contribution < 1.29 is 14.3 Å². The molecule has 0 atom stereocenters. The van der Waals surface area contributed by atoms with Gasteiger partial charge >= 0.3 is 0 Å². The number of amides is 1. The Labute approximate surface area is 125 Å². The van der Waals surface area contributed by atoms with Crippen LogP contribution >= 0.6 is 0 Å². The van der Waals surface area contributed by atoms with Crippen LogP contribution in [0, 0.1) is 0 Å².